The highest BCUT2D eigenvalue weighted by atomic mass is 16.5. The summed E-state index contributed by atoms with van der Waals surface area (Å²) in [4.78, 5) is 4.98. The standard InChI is InChI=1S/C70H56N2O2/c1-43(2)59-41-63(71(49-25-15-23-47(39-49)45-19-7-5-8-20-45)61-31-17-29-55-51-27-11-13-33-65(51)73-69(55)61)57-38-36-54-60(44(3)4)42-64(58-37-35-53(59)67(57)68(54)58)72(50-26-16-24-48(40-50)46-21-9-6-10-22-46)62-32-18-30-56-52-28-12-14-34-66(52)74-70(56)62/h5-11,13-27,29-44,51,65H,12,28H2,1-4H3. The predicted octanol–water partition coefficient (Wildman–Crippen LogP) is 19.8. The smallest absolute Gasteiger partial charge is 0.159 e. The monoisotopic (exact) mass is 956 g/mol. The highest BCUT2D eigenvalue weighted by Gasteiger charge is 2.36. The first-order valence-corrected chi connectivity index (χ1v) is 26.4. The van der Waals surface area contributed by atoms with E-state index in [9.17, 15) is 0 Å². The fourth-order valence-corrected chi connectivity index (χ4v) is 12.4. The van der Waals surface area contributed by atoms with Crippen molar-refractivity contribution in [1.29, 1.82) is 0 Å². The number of allylic oxidation sites excluding steroid dienone is 3. The molecule has 0 saturated heterocycles. The number of hydrogen-bond donors (Lipinski definition) is 0. The van der Waals surface area contributed by atoms with Gasteiger partial charge in [-0.15, -0.1) is 0 Å². The van der Waals surface area contributed by atoms with Crippen LogP contribution in [-0.2, 0) is 6.42 Å². The highest BCUT2D eigenvalue weighted by molar-refractivity contribution is 6.29. The Kier molecular flexibility index (Phi) is 10.5. The highest BCUT2D eigenvalue weighted by Crippen LogP contribution is 2.55. The molecule has 14 rings (SSSR count). The number of para-hydroxylation sites is 2. The summed E-state index contributed by atoms with van der Waals surface area (Å²) in [6, 6.07) is 67.5. The van der Waals surface area contributed by atoms with Crippen LogP contribution in [0.1, 0.15) is 79.9 Å². The van der Waals surface area contributed by atoms with Crippen molar-refractivity contribution < 1.29 is 9.15 Å². The van der Waals surface area contributed by atoms with E-state index < -0.39 is 0 Å². The number of ether oxygens (including phenoxy) is 1. The molecule has 0 radical (unpaired) electrons. The van der Waals surface area contributed by atoms with Gasteiger partial charge in [-0.3, -0.25) is 0 Å². The maximum atomic E-state index is 7.05. The van der Waals surface area contributed by atoms with Crippen molar-refractivity contribution in [2.75, 3.05) is 9.80 Å². The molecule has 0 saturated carbocycles. The van der Waals surface area contributed by atoms with E-state index in [4.69, 9.17) is 9.15 Å². The second kappa shape index (κ2) is 17.6. The van der Waals surface area contributed by atoms with E-state index in [2.05, 4.69) is 256 Å². The molecular formula is C70H56N2O2. The second-order valence-electron chi connectivity index (χ2n) is 21.0. The van der Waals surface area contributed by atoms with Crippen LogP contribution in [0.25, 0.3) is 71.6 Å². The van der Waals surface area contributed by atoms with E-state index in [1.165, 1.54) is 71.1 Å². The third-order valence-corrected chi connectivity index (χ3v) is 15.9. The lowest BCUT2D eigenvalue weighted by molar-refractivity contribution is 0.269. The molecule has 4 nitrogen and oxygen atoms in total. The fourth-order valence-electron chi connectivity index (χ4n) is 12.4. The van der Waals surface area contributed by atoms with Crippen LogP contribution in [0, 0.1) is 0 Å². The average molecular weight is 957 g/mol. The molecular weight excluding hydrogens is 901 g/mol. The largest absolute Gasteiger partial charge is 0.483 e. The Morgan fingerprint density at radius 3 is 1.64 bits per heavy atom. The summed E-state index contributed by atoms with van der Waals surface area (Å²) < 4.78 is 14.0. The van der Waals surface area contributed by atoms with Gasteiger partial charge >= 0.3 is 0 Å². The van der Waals surface area contributed by atoms with Gasteiger partial charge in [-0.1, -0.05) is 185 Å². The summed E-state index contributed by atoms with van der Waals surface area (Å²) >= 11 is 0. The Hall–Kier alpha value is -8.60. The minimum atomic E-state index is -0.0561. The van der Waals surface area contributed by atoms with Gasteiger partial charge in [0, 0.05) is 44.6 Å². The lowest BCUT2D eigenvalue weighted by atomic mass is 9.84. The molecule has 2 unspecified atom stereocenters. The van der Waals surface area contributed by atoms with Crippen molar-refractivity contribution in [2.24, 2.45) is 0 Å². The summed E-state index contributed by atoms with van der Waals surface area (Å²) in [6.07, 6.45) is 15.1. The van der Waals surface area contributed by atoms with Gasteiger partial charge in [-0.25, -0.2) is 0 Å². The van der Waals surface area contributed by atoms with Crippen LogP contribution in [0.2, 0.25) is 0 Å². The number of hydrogen-bond acceptors (Lipinski definition) is 4. The maximum Gasteiger partial charge on any atom is 0.159 e. The topological polar surface area (TPSA) is 28.9 Å². The minimum Gasteiger partial charge on any atom is -0.483 e. The molecule has 4 heteroatoms. The van der Waals surface area contributed by atoms with Crippen LogP contribution in [0.5, 0.6) is 5.75 Å². The van der Waals surface area contributed by atoms with E-state index >= 15 is 0 Å². The molecule has 11 aromatic rings. The number of furan rings is 1. The third-order valence-electron chi connectivity index (χ3n) is 15.9. The van der Waals surface area contributed by atoms with Crippen molar-refractivity contribution in [3.63, 3.8) is 0 Å². The van der Waals surface area contributed by atoms with Crippen LogP contribution < -0.4 is 14.5 Å². The first-order valence-electron chi connectivity index (χ1n) is 26.4. The summed E-state index contributed by atoms with van der Waals surface area (Å²) in [7, 11) is 0. The van der Waals surface area contributed by atoms with Crippen molar-refractivity contribution >= 4 is 83.5 Å². The molecule has 2 aliphatic carbocycles. The van der Waals surface area contributed by atoms with E-state index in [-0.39, 0.29) is 23.9 Å². The molecule has 1 aromatic heterocycles. The summed E-state index contributed by atoms with van der Waals surface area (Å²) in [5.74, 6) is 2.50. The van der Waals surface area contributed by atoms with Crippen LogP contribution in [0.15, 0.2) is 217 Å². The number of benzene rings is 10. The predicted molar refractivity (Wildman–Crippen MR) is 311 cm³/mol. The summed E-state index contributed by atoms with van der Waals surface area (Å²) in [5.41, 5.74) is 17.2. The Bertz CT molecular complexity index is 4080. The Balaban J connectivity index is 1.08. The van der Waals surface area contributed by atoms with Crippen LogP contribution in [0.3, 0.4) is 0 Å². The molecule has 1 aliphatic heterocycles. The molecule has 0 spiro atoms. The van der Waals surface area contributed by atoms with E-state index in [0.29, 0.717) is 0 Å². The normalized spacial score (nSPS) is 15.6. The van der Waals surface area contributed by atoms with Gasteiger partial charge in [0.1, 0.15) is 17.6 Å². The van der Waals surface area contributed by atoms with Gasteiger partial charge in [0.2, 0.25) is 0 Å². The molecule has 2 heterocycles. The second-order valence-corrected chi connectivity index (χ2v) is 21.0. The molecule has 74 heavy (non-hydrogen) atoms. The van der Waals surface area contributed by atoms with Gasteiger partial charge in [0.25, 0.3) is 0 Å². The van der Waals surface area contributed by atoms with E-state index in [0.717, 1.165) is 75.2 Å². The first kappa shape index (κ1) is 44.1. The zero-order valence-corrected chi connectivity index (χ0v) is 42.2. The zero-order chi connectivity index (χ0) is 49.6. The average Bonchev–Trinajstić information content (AvgIpc) is 4.06. The Labute approximate surface area is 433 Å². The Morgan fingerprint density at radius 1 is 0.473 bits per heavy atom. The molecule has 0 N–H and O–H groups in total. The van der Waals surface area contributed by atoms with Crippen molar-refractivity contribution in [2.45, 2.75) is 64.4 Å². The summed E-state index contributed by atoms with van der Waals surface area (Å²) in [5, 5.41) is 8.67. The van der Waals surface area contributed by atoms with Crippen molar-refractivity contribution in [3.05, 3.63) is 240 Å². The van der Waals surface area contributed by atoms with E-state index in [1.807, 2.05) is 0 Å². The third kappa shape index (κ3) is 7.03. The van der Waals surface area contributed by atoms with Crippen molar-refractivity contribution in [1.82, 2.24) is 0 Å². The molecule has 3 aliphatic rings. The number of aryl methyl sites for hydroxylation is 1. The number of nitrogens with zero attached hydrogens (tertiary/aromatic N) is 2. The van der Waals surface area contributed by atoms with E-state index in [1.54, 1.807) is 0 Å². The number of anilines is 6. The fraction of sp³-hybridized carbons (Fsp3) is 0.143. The Morgan fingerprint density at radius 2 is 1.01 bits per heavy atom. The lowest BCUT2D eigenvalue weighted by Crippen LogP contribution is -2.16. The van der Waals surface area contributed by atoms with Gasteiger partial charge in [-0.2, -0.15) is 0 Å². The SMILES string of the molecule is CC(C)c1cc(N(c2cccc(-c3ccccc3)c2)c2cccc3c2OC2C=CC=CC32)c2ccc3c(C(C)C)cc(N(c4cccc(-c5ccccc5)c4)c4cccc5c6c(oc45)C=CCC6)c4ccc1c2c34. The molecule has 10 aromatic carbocycles. The quantitative estimate of drug-likeness (QED) is 0.128. The molecule has 0 fully saturated rings. The summed E-state index contributed by atoms with van der Waals surface area (Å²) in [6.45, 7) is 9.37. The maximum absolute atomic E-state index is 7.05. The van der Waals surface area contributed by atoms with Gasteiger partial charge in [0.15, 0.2) is 5.58 Å². The minimum absolute atomic E-state index is 0.0561. The first-order chi connectivity index (χ1) is 36.4. The molecule has 0 bridgehead atoms. The van der Waals surface area contributed by atoms with Gasteiger partial charge in [-0.05, 0) is 140 Å². The van der Waals surface area contributed by atoms with Crippen LogP contribution in [-0.4, -0.2) is 6.10 Å². The molecule has 2 atom stereocenters. The van der Waals surface area contributed by atoms with Gasteiger partial charge in [0.05, 0.1) is 22.7 Å². The zero-order valence-electron chi connectivity index (χ0n) is 42.2. The number of fused-ring (bicyclic) bond motifs is 6. The molecule has 358 valence electrons. The van der Waals surface area contributed by atoms with Crippen LogP contribution >= 0.6 is 0 Å². The lowest BCUT2D eigenvalue weighted by Gasteiger charge is -2.32. The van der Waals surface area contributed by atoms with Crippen molar-refractivity contribution in [3.8, 4) is 28.0 Å². The van der Waals surface area contributed by atoms with Gasteiger partial charge < -0.3 is 19.0 Å². The number of rotatable bonds is 10. The van der Waals surface area contributed by atoms with Crippen LogP contribution in [0.4, 0.5) is 34.1 Å². The molecule has 0 amide bonds.